The van der Waals surface area contributed by atoms with Crippen LogP contribution in [0, 0.1) is 12.7 Å². The Bertz CT molecular complexity index is 751. The van der Waals surface area contributed by atoms with Crippen LogP contribution in [0.15, 0.2) is 42.7 Å². The number of hydrogen-bond donors (Lipinski definition) is 1. The molecule has 25 heavy (non-hydrogen) atoms. The minimum absolute atomic E-state index is 0.0971. The molecule has 1 aromatic carbocycles. The molecule has 1 saturated heterocycles. The number of morpholine rings is 1. The Morgan fingerprint density at radius 2 is 2.12 bits per heavy atom. The number of aliphatic hydroxyl groups excluding tert-OH is 1. The predicted octanol–water partition coefficient (Wildman–Crippen LogP) is 1.98. The summed E-state index contributed by atoms with van der Waals surface area (Å²) >= 11 is 0. The molecule has 1 N–H and O–H groups in total. The number of ether oxygens (including phenoxy) is 1. The molecule has 0 radical (unpaired) electrons. The summed E-state index contributed by atoms with van der Waals surface area (Å²) in [5.74, 6) is -0.406. The molecule has 3 rings (SSSR count). The van der Waals surface area contributed by atoms with Gasteiger partial charge in [0.2, 0.25) is 0 Å². The molecule has 2 aromatic rings. The van der Waals surface area contributed by atoms with Crippen LogP contribution in [0.1, 0.15) is 21.5 Å². The van der Waals surface area contributed by atoms with E-state index < -0.39 is 5.60 Å². The second kappa shape index (κ2) is 7.29. The van der Waals surface area contributed by atoms with Crippen LogP contribution in [0.4, 0.5) is 4.39 Å². The van der Waals surface area contributed by atoms with Crippen molar-refractivity contribution in [3.05, 3.63) is 65.2 Å². The normalized spacial score (nSPS) is 20.5. The van der Waals surface area contributed by atoms with Gasteiger partial charge >= 0.3 is 0 Å². The van der Waals surface area contributed by atoms with Gasteiger partial charge in [0, 0.05) is 30.9 Å². The number of nitrogens with zero attached hydrogens (tertiary/aromatic N) is 2. The molecular formula is C19H21FN2O3. The van der Waals surface area contributed by atoms with Gasteiger partial charge in [-0.15, -0.1) is 0 Å². The molecular weight excluding hydrogens is 323 g/mol. The zero-order valence-corrected chi connectivity index (χ0v) is 14.1. The van der Waals surface area contributed by atoms with Crippen LogP contribution in [0.25, 0.3) is 0 Å². The highest BCUT2D eigenvalue weighted by Gasteiger charge is 2.38. The molecule has 0 bridgehead atoms. The summed E-state index contributed by atoms with van der Waals surface area (Å²) in [5, 5.41) is 9.94. The summed E-state index contributed by atoms with van der Waals surface area (Å²) in [6.07, 6.45) is 3.66. The highest BCUT2D eigenvalue weighted by molar-refractivity contribution is 5.95. The van der Waals surface area contributed by atoms with E-state index in [1.54, 1.807) is 35.5 Å². The summed E-state index contributed by atoms with van der Waals surface area (Å²) in [4.78, 5) is 18.5. The zero-order chi connectivity index (χ0) is 17.9. The monoisotopic (exact) mass is 344 g/mol. The third kappa shape index (κ3) is 3.86. The van der Waals surface area contributed by atoms with Gasteiger partial charge in [-0.2, -0.15) is 0 Å². The number of carbonyl (C=O) groups excluding carboxylic acids is 1. The number of aromatic nitrogens is 1. The lowest BCUT2D eigenvalue weighted by molar-refractivity contribution is -0.123. The van der Waals surface area contributed by atoms with Crippen LogP contribution in [0.2, 0.25) is 0 Å². The number of halogens is 1. The Morgan fingerprint density at radius 1 is 1.36 bits per heavy atom. The number of rotatable bonds is 4. The van der Waals surface area contributed by atoms with E-state index in [1.165, 1.54) is 12.1 Å². The first-order valence-corrected chi connectivity index (χ1v) is 8.22. The van der Waals surface area contributed by atoms with Crippen molar-refractivity contribution in [1.82, 2.24) is 9.88 Å². The van der Waals surface area contributed by atoms with E-state index in [2.05, 4.69) is 4.98 Å². The van der Waals surface area contributed by atoms with E-state index in [-0.39, 0.29) is 24.9 Å². The van der Waals surface area contributed by atoms with Crippen molar-refractivity contribution < 1.29 is 19.0 Å². The lowest BCUT2D eigenvalue weighted by atomic mass is 9.92. The zero-order valence-electron chi connectivity index (χ0n) is 14.1. The number of pyridine rings is 1. The number of aliphatic hydroxyl groups is 1. The maximum atomic E-state index is 13.1. The molecule has 1 aliphatic rings. The van der Waals surface area contributed by atoms with Gasteiger partial charge in [0.25, 0.3) is 5.91 Å². The summed E-state index contributed by atoms with van der Waals surface area (Å²) in [7, 11) is 0. The first kappa shape index (κ1) is 17.5. The molecule has 5 nitrogen and oxygen atoms in total. The van der Waals surface area contributed by atoms with Crippen LogP contribution >= 0.6 is 0 Å². The van der Waals surface area contributed by atoms with Crippen LogP contribution < -0.4 is 0 Å². The average molecular weight is 344 g/mol. The third-order valence-electron chi connectivity index (χ3n) is 4.51. The van der Waals surface area contributed by atoms with Gasteiger partial charge < -0.3 is 14.7 Å². The highest BCUT2D eigenvalue weighted by Crippen LogP contribution is 2.25. The third-order valence-corrected chi connectivity index (χ3v) is 4.51. The Morgan fingerprint density at radius 3 is 2.80 bits per heavy atom. The molecule has 6 heteroatoms. The largest absolute Gasteiger partial charge is 0.393 e. The molecule has 1 fully saturated rings. The number of carbonyl (C=O) groups is 1. The van der Waals surface area contributed by atoms with Crippen molar-refractivity contribution in [3.63, 3.8) is 0 Å². The van der Waals surface area contributed by atoms with Gasteiger partial charge in [-0.05, 0) is 36.2 Å². The maximum Gasteiger partial charge on any atom is 0.254 e. The first-order valence-electron chi connectivity index (χ1n) is 8.22. The quantitative estimate of drug-likeness (QED) is 0.921. The van der Waals surface area contributed by atoms with E-state index in [1.807, 2.05) is 6.92 Å². The molecule has 1 amide bonds. The Balaban J connectivity index is 1.79. The Hall–Kier alpha value is -2.31. The molecule has 2 heterocycles. The van der Waals surface area contributed by atoms with Crippen LogP contribution in [0.5, 0.6) is 0 Å². The van der Waals surface area contributed by atoms with E-state index in [0.717, 1.165) is 11.1 Å². The first-order chi connectivity index (χ1) is 12.0. The minimum Gasteiger partial charge on any atom is -0.393 e. The summed E-state index contributed by atoms with van der Waals surface area (Å²) in [5.41, 5.74) is 1.38. The van der Waals surface area contributed by atoms with E-state index in [4.69, 9.17) is 4.74 Å². The highest BCUT2D eigenvalue weighted by atomic mass is 19.1. The molecule has 1 aromatic heterocycles. The lowest BCUT2D eigenvalue weighted by Gasteiger charge is -2.42. The van der Waals surface area contributed by atoms with Gasteiger partial charge in [-0.3, -0.25) is 9.78 Å². The van der Waals surface area contributed by atoms with Crippen molar-refractivity contribution in [1.29, 1.82) is 0 Å². The topological polar surface area (TPSA) is 62.7 Å². The second-order valence-electron chi connectivity index (χ2n) is 6.41. The lowest BCUT2D eigenvalue weighted by Crippen LogP contribution is -2.56. The number of aryl methyl sites for hydroxylation is 1. The number of amides is 1. The fourth-order valence-corrected chi connectivity index (χ4v) is 3.13. The van der Waals surface area contributed by atoms with Gasteiger partial charge in [0.05, 0.1) is 19.8 Å². The van der Waals surface area contributed by atoms with Crippen molar-refractivity contribution in [2.24, 2.45) is 0 Å². The predicted molar refractivity (Wildman–Crippen MR) is 90.8 cm³/mol. The average Bonchev–Trinajstić information content (AvgIpc) is 2.64. The molecule has 0 aliphatic carbocycles. The number of hydrogen-bond acceptors (Lipinski definition) is 4. The van der Waals surface area contributed by atoms with Crippen molar-refractivity contribution in [2.75, 3.05) is 26.3 Å². The van der Waals surface area contributed by atoms with Crippen LogP contribution in [0.3, 0.4) is 0 Å². The molecule has 0 spiro atoms. The maximum absolute atomic E-state index is 13.1. The Kier molecular flexibility index (Phi) is 5.11. The summed E-state index contributed by atoms with van der Waals surface area (Å²) in [6.45, 7) is 2.72. The molecule has 1 aliphatic heterocycles. The van der Waals surface area contributed by atoms with Gasteiger partial charge in [-0.25, -0.2) is 4.39 Å². The van der Waals surface area contributed by atoms with Crippen molar-refractivity contribution in [2.45, 2.75) is 18.9 Å². The fourth-order valence-electron chi connectivity index (χ4n) is 3.13. The smallest absolute Gasteiger partial charge is 0.254 e. The van der Waals surface area contributed by atoms with Crippen LogP contribution in [-0.2, 0) is 11.2 Å². The van der Waals surface area contributed by atoms with Gasteiger partial charge in [-0.1, -0.05) is 12.1 Å². The molecule has 1 atom stereocenters. The Labute approximate surface area is 146 Å². The number of benzene rings is 1. The van der Waals surface area contributed by atoms with Gasteiger partial charge in [0.15, 0.2) is 0 Å². The molecule has 0 saturated carbocycles. The molecule has 132 valence electrons. The molecule has 1 unspecified atom stereocenters. The second-order valence-corrected chi connectivity index (χ2v) is 6.41. The van der Waals surface area contributed by atoms with Crippen LogP contribution in [-0.4, -0.2) is 52.8 Å². The summed E-state index contributed by atoms with van der Waals surface area (Å²) < 4.78 is 18.9. The van der Waals surface area contributed by atoms with E-state index in [0.29, 0.717) is 25.1 Å². The summed E-state index contributed by atoms with van der Waals surface area (Å²) in [6, 6.07) is 7.81. The SMILES string of the molecule is Cc1cnccc1C(=O)N1CCOC(CO)(Cc2ccc(F)cc2)C1. The van der Waals surface area contributed by atoms with Crippen molar-refractivity contribution in [3.8, 4) is 0 Å². The standard InChI is InChI=1S/C19H21FN2O3/c1-14-11-21-7-6-17(14)18(24)22-8-9-25-19(12-22,13-23)10-15-2-4-16(20)5-3-15/h2-7,11,23H,8-10,12-13H2,1H3. The van der Waals surface area contributed by atoms with Crippen molar-refractivity contribution >= 4 is 5.91 Å². The minimum atomic E-state index is -0.882. The van der Waals surface area contributed by atoms with Gasteiger partial charge in [0.1, 0.15) is 11.4 Å². The fraction of sp³-hybridized carbons (Fsp3) is 0.368. The van der Waals surface area contributed by atoms with E-state index in [9.17, 15) is 14.3 Å². The van der Waals surface area contributed by atoms with E-state index >= 15 is 0 Å².